The van der Waals surface area contributed by atoms with Crippen molar-refractivity contribution >= 4 is 11.8 Å². The van der Waals surface area contributed by atoms with E-state index in [9.17, 15) is 13.2 Å². The largest absolute Gasteiger partial charge is 0.573 e. The summed E-state index contributed by atoms with van der Waals surface area (Å²) >= 11 is 0. The molecule has 0 spiro atoms. The highest BCUT2D eigenvalue weighted by Gasteiger charge is 2.31. The number of alkyl halides is 3. The number of benzene rings is 1. The van der Waals surface area contributed by atoms with Gasteiger partial charge in [-0.05, 0) is 24.1 Å². The number of rotatable bonds is 4. The lowest BCUT2D eigenvalue weighted by atomic mass is 10.1. The van der Waals surface area contributed by atoms with Crippen LogP contribution in [0.25, 0.3) is 6.08 Å². The van der Waals surface area contributed by atoms with Gasteiger partial charge in [0.2, 0.25) is 0 Å². The van der Waals surface area contributed by atoms with Crippen molar-refractivity contribution in [1.82, 2.24) is 0 Å². The Morgan fingerprint density at radius 3 is 2.59 bits per heavy atom. The van der Waals surface area contributed by atoms with Crippen LogP contribution in [0.5, 0.6) is 5.75 Å². The fraction of sp³-hybridized carbons (Fsp3) is 0.273. The van der Waals surface area contributed by atoms with Gasteiger partial charge in [0.25, 0.3) is 0 Å². The Bertz CT molecular complexity index is 402. The lowest BCUT2D eigenvalue weighted by Crippen LogP contribution is -2.18. The number of anilines is 1. The van der Waals surface area contributed by atoms with E-state index in [2.05, 4.69) is 4.74 Å². The van der Waals surface area contributed by atoms with Crippen LogP contribution in [-0.4, -0.2) is 18.1 Å². The molecule has 0 fully saturated rings. The van der Waals surface area contributed by atoms with Crippen molar-refractivity contribution in [2.24, 2.45) is 0 Å². The molecule has 3 N–H and O–H groups in total. The second-order valence-electron chi connectivity index (χ2n) is 3.26. The highest BCUT2D eigenvalue weighted by atomic mass is 19.4. The summed E-state index contributed by atoms with van der Waals surface area (Å²) in [7, 11) is 0. The van der Waals surface area contributed by atoms with Crippen LogP contribution in [0.3, 0.4) is 0 Å². The number of hydrogen-bond donors (Lipinski definition) is 2. The van der Waals surface area contributed by atoms with Gasteiger partial charge >= 0.3 is 6.36 Å². The normalized spacial score (nSPS) is 12.0. The van der Waals surface area contributed by atoms with Crippen molar-refractivity contribution in [2.45, 2.75) is 12.8 Å². The molecule has 1 aromatic rings. The van der Waals surface area contributed by atoms with Crippen LogP contribution in [-0.2, 0) is 0 Å². The Labute approximate surface area is 96.3 Å². The smallest absolute Gasteiger partial charge is 0.404 e. The molecule has 1 aromatic carbocycles. The molecule has 0 saturated heterocycles. The van der Waals surface area contributed by atoms with Gasteiger partial charge in [0.1, 0.15) is 0 Å². The number of aliphatic hydroxyl groups is 1. The van der Waals surface area contributed by atoms with Gasteiger partial charge < -0.3 is 15.6 Å². The first kappa shape index (κ1) is 13.4. The van der Waals surface area contributed by atoms with Gasteiger partial charge in [-0.2, -0.15) is 0 Å². The summed E-state index contributed by atoms with van der Waals surface area (Å²) in [6, 6.07) is 3.97. The van der Waals surface area contributed by atoms with Crippen molar-refractivity contribution in [1.29, 1.82) is 0 Å². The molecule has 6 heteroatoms. The number of nitrogens with two attached hydrogens (primary N) is 1. The third-order valence-electron chi connectivity index (χ3n) is 1.87. The van der Waals surface area contributed by atoms with Gasteiger partial charge in [-0.1, -0.05) is 18.2 Å². The number of ether oxygens (including phenoxy) is 1. The number of halogens is 3. The molecule has 0 aliphatic rings. The molecule has 94 valence electrons. The summed E-state index contributed by atoms with van der Waals surface area (Å²) in [6.45, 7) is 0.0151. The molecule has 0 radical (unpaired) electrons. The van der Waals surface area contributed by atoms with Gasteiger partial charge in [0, 0.05) is 6.61 Å². The zero-order chi connectivity index (χ0) is 12.9. The summed E-state index contributed by atoms with van der Waals surface area (Å²) in [5.74, 6) is -0.420. The number of aliphatic hydroxyl groups excluding tert-OH is 1. The quantitative estimate of drug-likeness (QED) is 0.804. The van der Waals surface area contributed by atoms with E-state index in [1.54, 1.807) is 12.2 Å². The predicted molar refractivity (Wildman–Crippen MR) is 58.3 cm³/mol. The van der Waals surface area contributed by atoms with E-state index >= 15 is 0 Å². The van der Waals surface area contributed by atoms with Crippen LogP contribution >= 0.6 is 0 Å². The zero-order valence-corrected chi connectivity index (χ0v) is 8.87. The molecule has 0 unspecified atom stereocenters. The molecule has 0 aromatic heterocycles. The van der Waals surface area contributed by atoms with E-state index in [1.807, 2.05) is 0 Å². The monoisotopic (exact) mass is 247 g/mol. The van der Waals surface area contributed by atoms with Crippen LogP contribution < -0.4 is 10.5 Å². The minimum absolute atomic E-state index is 0.0151. The fourth-order valence-corrected chi connectivity index (χ4v) is 1.18. The van der Waals surface area contributed by atoms with E-state index in [-0.39, 0.29) is 12.3 Å². The van der Waals surface area contributed by atoms with Crippen molar-refractivity contribution in [2.75, 3.05) is 12.3 Å². The van der Waals surface area contributed by atoms with Crippen LogP contribution in [0.1, 0.15) is 12.0 Å². The average Bonchev–Trinajstić information content (AvgIpc) is 2.21. The summed E-state index contributed by atoms with van der Waals surface area (Å²) in [4.78, 5) is 0. The van der Waals surface area contributed by atoms with Crippen molar-refractivity contribution in [3.8, 4) is 5.75 Å². The third kappa shape index (κ3) is 4.78. The molecule has 0 aliphatic heterocycles. The Morgan fingerprint density at radius 2 is 2.06 bits per heavy atom. The third-order valence-corrected chi connectivity index (χ3v) is 1.87. The van der Waals surface area contributed by atoms with E-state index < -0.39 is 12.1 Å². The van der Waals surface area contributed by atoms with Crippen LogP contribution in [0, 0.1) is 0 Å². The fourth-order valence-electron chi connectivity index (χ4n) is 1.18. The van der Waals surface area contributed by atoms with Gasteiger partial charge in [-0.3, -0.25) is 0 Å². The molecule has 3 nitrogen and oxygen atoms in total. The van der Waals surface area contributed by atoms with Crippen LogP contribution in [0.4, 0.5) is 18.9 Å². The van der Waals surface area contributed by atoms with Crippen molar-refractivity contribution in [3.05, 3.63) is 29.8 Å². The molecule has 0 aliphatic carbocycles. The molecule has 1 rings (SSSR count). The maximum absolute atomic E-state index is 12.0. The Balaban J connectivity index is 2.79. The molecule has 0 saturated carbocycles. The summed E-state index contributed by atoms with van der Waals surface area (Å²) < 4.78 is 39.6. The van der Waals surface area contributed by atoms with Gasteiger partial charge in [-0.25, -0.2) is 0 Å². The van der Waals surface area contributed by atoms with Crippen molar-refractivity contribution in [3.63, 3.8) is 0 Å². The zero-order valence-electron chi connectivity index (χ0n) is 8.87. The van der Waals surface area contributed by atoms with E-state index in [0.29, 0.717) is 12.0 Å². The minimum Gasteiger partial charge on any atom is -0.404 e. The lowest BCUT2D eigenvalue weighted by Gasteiger charge is -2.11. The summed E-state index contributed by atoms with van der Waals surface area (Å²) in [6.07, 6.45) is -0.925. The first-order chi connectivity index (χ1) is 7.92. The highest BCUT2D eigenvalue weighted by Crippen LogP contribution is 2.29. The molecule has 0 amide bonds. The van der Waals surface area contributed by atoms with Crippen LogP contribution in [0.2, 0.25) is 0 Å². The van der Waals surface area contributed by atoms with Crippen molar-refractivity contribution < 1.29 is 23.0 Å². The van der Waals surface area contributed by atoms with E-state index in [0.717, 1.165) is 6.07 Å². The Kier molecular flexibility index (Phi) is 4.39. The summed E-state index contributed by atoms with van der Waals surface area (Å²) in [5, 5.41) is 8.55. The van der Waals surface area contributed by atoms with Gasteiger partial charge in [-0.15, -0.1) is 13.2 Å². The molecule has 0 heterocycles. The maximum Gasteiger partial charge on any atom is 0.573 e. The number of hydrogen-bond acceptors (Lipinski definition) is 3. The molecular formula is C11H12F3NO2. The Hall–Kier alpha value is -1.69. The average molecular weight is 247 g/mol. The molecule has 17 heavy (non-hydrogen) atoms. The Morgan fingerprint density at radius 1 is 1.35 bits per heavy atom. The second-order valence-corrected chi connectivity index (χ2v) is 3.26. The second kappa shape index (κ2) is 5.58. The SMILES string of the molecule is Nc1cc(C=CCCO)ccc1OC(F)(F)F. The maximum atomic E-state index is 12.0. The standard InChI is InChI=1S/C11H12F3NO2/c12-11(13,14)17-10-5-4-8(7-9(10)15)3-1-2-6-16/h1,3-5,7,16H,2,6,15H2. The topological polar surface area (TPSA) is 55.5 Å². The first-order valence-electron chi connectivity index (χ1n) is 4.85. The molecule has 0 atom stereocenters. The number of nitrogen functional groups attached to an aromatic ring is 1. The first-order valence-corrected chi connectivity index (χ1v) is 4.85. The molecular weight excluding hydrogens is 235 g/mol. The van der Waals surface area contributed by atoms with E-state index in [1.165, 1.54) is 12.1 Å². The summed E-state index contributed by atoms with van der Waals surface area (Å²) in [5.41, 5.74) is 5.98. The highest BCUT2D eigenvalue weighted by molar-refractivity contribution is 5.61. The van der Waals surface area contributed by atoms with Gasteiger partial charge in [0.05, 0.1) is 5.69 Å². The lowest BCUT2D eigenvalue weighted by molar-refractivity contribution is -0.274. The van der Waals surface area contributed by atoms with Crippen LogP contribution in [0.15, 0.2) is 24.3 Å². The minimum atomic E-state index is -4.75. The van der Waals surface area contributed by atoms with E-state index in [4.69, 9.17) is 10.8 Å². The molecule has 0 bridgehead atoms. The van der Waals surface area contributed by atoms with Gasteiger partial charge in [0.15, 0.2) is 5.75 Å². The predicted octanol–water partition coefficient (Wildman–Crippen LogP) is 2.56.